The van der Waals surface area contributed by atoms with Crippen LogP contribution < -0.4 is 5.32 Å². The summed E-state index contributed by atoms with van der Waals surface area (Å²) in [6.45, 7) is 7.37. The third-order valence-electron chi connectivity index (χ3n) is 4.14. The Labute approximate surface area is 117 Å². The largest absolute Gasteiger partial charge is 0.370 e. The van der Waals surface area contributed by atoms with Crippen molar-refractivity contribution >= 4 is 5.82 Å². The molecular formula is C16H27N3. The van der Waals surface area contributed by atoms with Gasteiger partial charge in [-0.1, -0.05) is 19.8 Å². The van der Waals surface area contributed by atoms with Gasteiger partial charge in [-0.25, -0.2) is 9.97 Å². The van der Waals surface area contributed by atoms with Crippen molar-refractivity contribution in [1.82, 2.24) is 9.97 Å². The highest BCUT2D eigenvalue weighted by Gasteiger charge is 2.24. The molecule has 0 amide bonds. The van der Waals surface area contributed by atoms with Crippen LogP contribution in [0.2, 0.25) is 0 Å². The quantitative estimate of drug-likeness (QED) is 0.859. The minimum atomic E-state index is 0.574. The van der Waals surface area contributed by atoms with E-state index in [2.05, 4.69) is 31.1 Å². The van der Waals surface area contributed by atoms with Crippen LogP contribution in [0.15, 0.2) is 6.07 Å². The first-order chi connectivity index (χ1) is 9.22. The Morgan fingerprint density at radius 3 is 2.53 bits per heavy atom. The molecule has 19 heavy (non-hydrogen) atoms. The number of aryl methyl sites for hydroxylation is 1. The molecule has 0 unspecified atom stereocenters. The lowest BCUT2D eigenvalue weighted by Crippen LogP contribution is -2.16. The summed E-state index contributed by atoms with van der Waals surface area (Å²) >= 11 is 0. The number of nitrogens with zero attached hydrogens (tertiary/aromatic N) is 2. The average Bonchev–Trinajstić information content (AvgIpc) is 2.40. The topological polar surface area (TPSA) is 37.8 Å². The maximum Gasteiger partial charge on any atom is 0.134 e. The van der Waals surface area contributed by atoms with Crippen LogP contribution in [0.3, 0.4) is 0 Å². The first-order valence-electron chi connectivity index (χ1n) is 7.82. The summed E-state index contributed by atoms with van der Waals surface area (Å²) in [6, 6.07) is 2.04. The first-order valence-corrected chi connectivity index (χ1v) is 7.82. The summed E-state index contributed by atoms with van der Waals surface area (Å²) < 4.78 is 0. The molecule has 1 heterocycles. The molecule has 0 aromatic carbocycles. The molecule has 0 atom stereocenters. The second kappa shape index (κ2) is 6.88. The smallest absolute Gasteiger partial charge is 0.134 e. The average molecular weight is 261 g/mol. The number of hydrogen-bond acceptors (Lipinski definition) is 3. The highest BCUT2D eigenvalue weighted by molar-refractivity contribution is 5.36. The number of nitrogens with one attached hydrogen (secondary N) is 1. The lowest BCUT2D eigenvalue weighted by atomic mass is 9.80. The van der Waals surface area contributed by atoms with Crippen molar-refractivity contribution < 1.29 is 0 Å². The van der Waals surface area contributed by atoms with Crippen molar-refractivity contribution in [3.8, 4) is 0 Å². The standard InChI is InChI=1S/C16H27N3/c1-4-6-13-7-9-14(10-8-13)16-18-12(3)11-15(19-16)17-5-2/h11,13-14H,4-10H2,1-3H3,(H,17,18,19). The Morgan fingerprint density at radius 2 is 1.89 bits per heavy atom. The Bertz CT molecular complexity index is 395. The van der Waals surface area contributed by atoms with Gasteiger partial charge in [-0.15, -0.1) is 0 Å². The zero-order valence-electron chi connectivity index (χ0n) is 12.6. The molecule has 106 valence electrons. The summed E-state index contributed by atoms with van der Waals surface area (Å²) in [6.07, 6.45) is 7.95. The van der Waals surface area contributed by atoms with E-state index in [4.69, 9.17) is 4.98 Å². The fourth-order valence-electron chi connectivity index (χ4n) is 3.16. The Kier molecular flexibility index (Phi) is 5.17. The molecule has 2 rings (SSSR count). The lowest BCUT2D eigenvalue weighted by molar-refractivity contribution is 0.302. The second-order valence-corrected chi connectivity index (χ2v) is 5.79. The summed E-state index contributed by atoms with van der Waals surface area (Å²) in [4.78, 5) is 9.36. The second-order valence-electron chi connectivity index (χ2n) is 5.79. The minimum absolute atomic E-state index is 0.574. The van der Waals surface area contributed by atoms with E-state index in [1.807, 2.05) is 6.07 Å². The molecule has 1 fully saturated rings. The molecule has 3 nitrogen and oxygen atoms in total. The maximum absolute atomic E-state index is 4.70. The normalized spacial score (nSPS) is 23.3. The molecule has 3 heteroatoms. The summed E-state index contributed by atoms with van der Waals surface area (Å²) in [5.41, 5.74) is 1.08. The Hall–Kier alpha value is -1.12. The van der Waals surface area contributed by atoms with Gasteiger partial charge in [-0.05, 0) is 45.4 Å². The number of rotatable bonds is 5. The van der Waals surface area contributed by atoms with E-state index in [1.165, 1.54) is 38.5 Å². The van der Waals surface area contributed by atoms with Gasteiger partial charge in [0.15, 0.2) is 0 Å². The number of hydrogen-bond donors (Lipinski definition) is 1. The van der Waals surface area contributed by atoms with Gasteiger partial charge < -0.3 is 5.32 Å². The zero-order valence-corrected chi connectivity index (χ0v) is 12.6. The van der Waals surface area contributed by atoms with Crippen LogP contribution in [0.1, 0.15) is 69.8 Å². The predicted molar refractivity (Wildman–Crippen MR) is 80.5 cm³/mol. The molecule has 1 aromatic rings. The van der Waals surface area contributed by atoms with Crippen LogP contribution in [-0.4, -0.2) is 16.5 Å². The summed E-state index contributed by atoms with van der Waals surface area (Å²) in [5.74, 6) is 3.57. The number of anilines is 1. The van der Waals surface area contributed by atoms with Crippen molar-refractivity contribution in [3.63, 3.8) is 0 Å². The van der Waals surface area contributed by atoms with E-state index in [9.17, 15) is 0 Å². The van der Waals surface area contributed by atoms with E-state index in [0.717, 1.165) is 29.8 Å². The molecule has 1 aromatic heterocycles. The predicted octanol–water partition coefficient (Wildman–Crippen LogP) is 4.29. The van der Waals surface area contributed by atoms with Crippen LogP contribution in [0, 0.1) is 12.8 Å². The molecule has 0 spiro atoms. The van der Waals surface area contributed by atoms with Crippen molar-refractivity contribution in [3.05, 3.63) is 17.6 Å². The van der Waals surface area contributed by atoms with Crippen molar-refractivity contribution in [2.24, 2.45) is 5.92 Å². The fraction of sp³-hybridized carbons (Fsp3) is 0.750. The van der Waals surface area contributed by atoms with E-state index in [1.54, 1.807) is 0 Å². The third-order valence-corrected chi connectivity index (χ3v) is 4.14. The summed E-state index contributed by atoms with van der Waals surface area (Å²) in [5, 5.41) is 3.31. The SMILES string of the molecule is CCCC1CCC(c2nc(C)cc(NCC)n2)CC1. The molecule has 1 saturated carbocycles. The molecule has 0 aliphatic heterocycles. The van der Waals surface area contributed by atoms with Gasteiger partial charge in [0.1, 0.15) is 11.6 Å². The van der Waals surface area contributed by atoms with E-state index < -0.39 is 0 Å². The highest BCUT2D eigenvalue weighted by Crippen LogP contribution is 2.36. The van der Waals surface area contributed by atoms with Crippen LogP contribution >= 0.6 is 0 Å². The third kappa shape index (κ3) is 3.92. The fourth-order valence-corrected chi connectivity index (χ4v) is 3.16. The number of aromatic nitrogens is 2. The molecule has 0 radical (unpaired) electrons. The van der Waals surface area contributed by atoms with Crippen molar-refractivity contribution in [1.29, 1.82) is 0 Å². The molecule has 0 bridgehead atoms. The van der Waals surface area contributed by atoms with E-state index >= 15 is 0 Å². The Morgan fingerprint density at radius 1 is 1.16 bits per heavy atom. The maximum atomic E-state index is 4.70. The van der Waals surface area contributed by atoms with Crippen molar-refractivity contribution in [2.75, 3.05) is 11.9 Å². The van der Waals surface area contributed by atoms with Gasteiger partial charge in [-0.2, -0.15) is 0 Å². The minimum Gasteiger partial charge on any atom is -0.370 e. The van der Waals surface area contributed by atoms with Gasteiger partial charge in [0.25, 0.3) is 0 Å². The summed E-state index contributed by atoms with van der Waals surface area (Å²) in [7, 11) is 0. The van der Waals surface area contributed by atoms with Crippen LogP contribution in [0.25, 0.3) is 0 Å². The van der Waals surface area contributed by atoms with Crippen LogP contribution in [0.4, 0.5) is 5.82 Å². The Balaban J connectivity index is 2.02. The molecule has 0 saturated heterocycles. The van der Waals surface area contributed by atoms with Gasteiger partial charge in [0.2, 0.25) is 0 Å². The lowest BCUT2D eigenvalue weighted by Gasteiger charge is -2.27. The van der Waals surface area contributed by atoms with Gasteiger partial charge in [0, 0.05) is 24.2 Å². The van der Waals surface area contributed by atoms with Crippen molar-refractivity contribution in [2.45, 2.75) is 65.2 Å². The zero-order chi connectivity index (χ0) is 13.7. The van der Waals surface area contributed by atoms with Gasteiger partial charge in [0.05, 0.1) is 0 Å². The molecule has 1 aliphatic rings. The monoisotopic (exact) mass is 261 g/mol. The highest BCUT2D eigenvalue weighted by atomic mass is 15.0. The van der Waals surface area contributed by atoms with Crippen LogP contribution in [-0.2, 0) is 0 Å². The van der Waals surface area contributed by atoms with E-state index in [-0.39, 0.29) is 0 Å². The van der Waals surface area contributed by atoms with E-state index in [0.29, 0.717) is 5.92 Å². The molecule has 1 aliphatic carbocycles. The van der Waals surface area contributed by atoms with Gasteiger partial charge in [-0.3, -0.25) is 0 Å². The van der Waals surface area contributed by atoms with Gasteiger partial charge >= 0.3 is 0 Å². The molecule has 1 N–H and O–H groups in total. The molecular weight excluding hydrogens is 234 g/mol. The first kappa shape index (κ1) is 14.3. The van der Waals surface area contributed by atoms with Crippen LogP contribution in [0.5, 0.6) is 0 Å².